The summed E-state index contributed by atoms with van der Waals surface area (Å²) >= 11 is 2.93. The van der Waals surface area contributed by atoms with E-state index < -0.39 is 30.6 Å². The number of amides is 2. The topological polar surface area (TPSA) is 101 Å². The molecule has 14 heteroatoms. The normalized spacial score (nSPS) is 16.3. The first-order valence-electron chi connectivity index (χ1n) is 10.8. The summed E-state index contributed by atoms with van der Waals surface area (Å²) in [7, 11) is 1.29. The summed E-state index contributed by atoms with van der Waals surface area (Å²) in [5.41, 5.74) is 1.71. The molecule has 0 radical (unpaired) electrons. The van der Waals surface area contributed by atoms with Crippen molar-refractivity contribution in [3.8, 4) is 10.6 Å². The van der Waals surface area contributed by atoms with E-state index in [-0.39, 0.29) is 25.3 Å². The highest BCUT2D eigenvalue weighted by Crippen LogP contribution is 2.33. The fourth-order valence-electron chi connectivity index (χ4n) is 3.82. The Bertz CT molecular complexity index is 1240. The lowest BCUT2D eigenvalue weighted by molar-refractivity contribution is -0.190. The first kappa shape index (κ1) is 26.0. The van der Waals surface area contributed by atoms with Gasteiger partial charge in [-0.3, -0.25) is 9.59 Å². The van der Waals surface area contributed by atoms with Crippen LogP contribution in [0.2, 0.25) is 0 Å². The van der Waals surface area contributed by atoms with Gasteiger partial charge >= 0.3 is 6.18 Å². The van der Waals surface area contributed by atoms with E-state index >= 15 is 0 Å². The number of nitrogens with zero attached hydrogens (tertiary/aromatic N) is 5. The third-order valence-corrected chi connectivity index (χ3v) is 7.38. The predicted octanol–water partition coefficient (Wildman–Crippen LogP) is 3.88. The van der Waals surface area contributed by atoms with Crippen LogP contribution in [-0.2, 0) is 9.53 Å². The summed E-state index contributed by atoms with van der Waals surface area (Å²) < 4.78 is 46.0. The van der Waals surface area contributed by atoms with Gasteiger partial charge in [-0.05, 0) is 26.0 Å². The van der Waals surface area contributed by atoms with E-state index in [9.17, 15) is 22.8 Å². The van der Waals surface area contributed by atoms with Crippen LogP contribution in [0, 0.1) is 13.8 Å². The lowest BCUT2D eigenvalue weighted by Gasteiger charge is -2.42. The van der Waals surface area contributed by atoms with Crippen LogP contribution in [0.1, 0.15) is 21.1 Å². The molecule has 0 aliphatic carbocycles. The molecule has 9 nitrogen and oxygen atoms in total. The molecule has 1 N–H and O–H groups in total. The van der Waals surface area contributed by atoms with Crippen molar-refractivity contribution in [2.75, 3.05) is 38.7 Å². The number of hydrogen-bond acceptors (Lipinski definition) is 9. The minimum Gasteiger partial charge on any atom is -0.375 e. The van der Waals surface area contributed by atoms with Gasteiger partial charge in [-0.1, -0.05) is 0 Å². The number of methoxy groups -OCH3 is 1. The molecule has 36 heavy (non-hydrogen) atoms. The quantitative estimate of drug-likeness (QED) is 0.506. The Hall–Kier alpha value is -3.10. The Balaban J connectivity index is 1.45. The Labute approximate surface area is 212 Å². The third-order valence-electron chi connectivity index (χ3n) is 5.53. The van der Waals surface area contributed by atoms with Gasteiger partial charge in [-0.2, -0.15) is 13.2 Å². The summed E-state index contributed by atoms with van der Waals surface area (Å²) in [6.45, 7) is 2.62. The highest BCUT2D eigenvalue weighted by atomic mass is 32.1. The van der Waals surface area contributed by atoms with Crippen molar-refractivity contribution in [1.82, 2.24) is 24.8 Å². The summed E-state index contributed by atoms with van der Waals surface area (Å²) in [6.07, 6.45) is -3.47. The lowest BCUT2D eigenvalue weighted by atomic mass is 10.1. The molecule has 0 bridgehead atoms. The van der Waals surface area contributed by atoms with Gasteiger partial charge in [0, 0.05) is 31.8 Å². The summed E-state index contributed by atoms with van der Waals surface area (Å²) in [5.74, 6) is -0.961. The van der Waals surface area contributed by atoms with Crippen molar-refractivity contribution in [2.24, 2.45) is 0 Å². The summed E-state index contributed by atoms with van der Waals surface area (Å²) in [5, 5.41) is 6.47. The first-order valence-corrected chi connectivity index (χ1v) is 12.5. The molecular formula is C22H23F3N6O3S2. The number of alkyl halides is 3. The molecule has 4 rings (SSSR count). The van der Waals surface area contributed by atoms with E-state index in [0.29, 0.717) is 10.9 Å². The number of carbonyl (C=O) groups excluding carboxylic acids is 2. The zero-order valence-corrected chi connectivity index (χ0v) is 21.3. The van der Waals surface area contributed by atoms with Gasteiger partial charge in [-0.25, -0.2) is 15.0 Å². The Morgan fingerprint density at radius 3 is 2.61 bits per heavy atom. The van der Waals surface area contributed by atoms with Crippen molar-refractivity contribution in [3.05, 3.63) is 40.0 Å². The Morgan fingerprint density at radius 1 is 1.22 bits per heavy atom. The van der Waals surface area contributed by atoms with Crippen LogP contribution in [0.5, 0.6) is 0 Å². The van der Waals surface area contributed by atoms with Crippen molar-refractivity contribution in [1.29, 1.82) is 0 Å². The minimum absolute atomic E-state index is 0.0152. The van der Waals surface area contributed by atoms with Crippen LogP contribution < -0.4 is 5.32 Å². The monoisotopic (exact) mass is 540 g/mol. The number of hydrogen-bond donors (Lipinski definition) is 1. The number of carbonyl (C=O) groups is 2. The zero-order valence-electron chi connectivity index (χ0n) is 19.6. The number of aryl methyl sites for hydroxylation is 2. The molecular weight excluding hydrogens is 517 g/mol. The van der Waals surface area contributed by atoms with E-state index in [0.717, 1.165) is 31.1 Å². The molecule has 3 aromatic heterocycles. The number of ether oxygens (including phenoxy) is 1. The summed E-state index contributed by atoms with van der Waals surface area (Å²) in [4.78, 5) is 40.9. The van der Waals surface area contributed by atoms with Crippen LogP contribution in [0.3, 0.4) is 0 Å². The van der Waals surface area contributed by atoms with E-state index in [4.69, 9.17) is 4.74 Å². The fraction of sp³-hybridized carbons (Fsp3) is 0.409. The molecule has 1 atom stereocenters. The highest BCUT2D eigenvalue weighted by Gasteiger charge is 2.49. The molecule has 192 valence electrons. The van der Waals surface area contributed by atoms with E-state index in [1.807, 2.05) is 19.2 Å². The molecule has 0 saturated carbocycles. The van der Waals surface area contributed by atoms with Crippen LogP contribution in [-0.4, -0.2) is 82.1 Å². The summed E-state index contributed by atoms with van der Waals surface area (Å²) in [6, 6.07) is 0.806. The molecule has 1 unspecified atom stereocenters. The number of piperazine rings is 1. The highest BCUT2D eigenvalue weighted by molar-refractivity contribution is 7.16. The molecule has 2 amide bonds. The largest absolute Gasteiger partial charge is 0.410 e. The van der Waals surface area contributed by atoms with Crippen LogP contribution in [0.4, 0.5) is 24.1 Å². The number of anilines is 2. The number of nitrogens with one attached hydrogen (secondary N) is 1. The second-order valence-electron chi connectivity index (χ2n) is 8.07. The fourth-order valence-corrected chi connectivity index (χ4v) is 5.48. The predicted molar refractivity (Wildman–Crippen MR) is 130 cm³/mol. The standard InChI is InChI=1S/C22H23F3N6O3S2/c1-12-19(36-13(2)27-12)15-11-35-21(28-15)29-17-5-4-14(8-26-17)20(33)31-7-6-30(18(32)10-34-3)9-16(31)22(23,24)25/h4-5,8,11,16H,6-7,9-10H2,1-3H3,(H,26,28,29). The molecule has 1 aliphatic heterocycles. The van der Waals surface area contributed by atoms with Crippen molar-refractivity contribution in [3.63, 3.8) is 0 Å². The maximum atomic E-state index is 13.7. The van der Waals surface area contributed by atoms with E-state index in [1.54, 1.807) is 11.3 Å². The maximum Gasteiger partial charge on any atom is 0.410 e. The van der Waals surface area contributed by atoms with Crippen molar-refractivity contribution < 1.29 is 27.5 Å². The molecule has 1 aliphatic rings. The number of rotatable bonds is 6. The van der Waals surface area contributed by atoms with Gasteiger partial charge in [0.25, 0.3) is 5.91 Å². The van der Waals surface area contributed by atoms with Gasteiger partial charge in [0.15, 0.2) is 5.13 Å². The Kier molecular flexibility index (Phi) is 7.57. The molecule has 1 fully saturated rings. The van der Waals surface area contributed by atoms with Gasteiger partial charge < -0.3 is 19.9 Å². The first-order chi connectivity index (χ1) is 17.1. The van der Waals surface area contributed by atoms with Crippen molar-refractivity contribution >= 4 is 45.4 Å². The molecule has 3 aromatic rings. The maximum absolute atomic E-state index is 13.7. The number of halogens is 3. The van der Waals surface area contributed by atoms with Crippen LogP contribution >= 0.6 is 22.7 Å². The zero-order chi connectivity index (χ0) is 26.0. The van der Waals surface area contributed by atoms with Crippen molar-refractivity contribution in [2.45, 2.75) is 26.1 Å². The van der Waals surface area contributed by atoms with Gasteiger partial charge in [0.1, 0.15) is 18.5 Å². The lowest BCUT2D eigenvalue weighted by Crippen LogP contribution is -2.62. The van der Waals surface area contributed by atoms with E-state index in [2.05, 4.69) is 20.3 Å². The number of pyridine rings is 1. The van der Waals surface area contributed by atoms with Gasteiger partial charge in [0.05, 0.1) is 33.4 Å². The van der Waals surface area contributed by atoms with Crippen LogP contribution in [0.25, 0.3) is 10.6 Å². The van der Waals surface area contributed by atoms with Crippen LogP contribution in [0.15, 0.2) is 23.7 Å². The minimum atomic E-state index is -4.70. The molecule has 1 saturated heterocycles. The smallest absolute Gasteiger partial charge is 0.375 e. The molecule has 4 heterocycles. The Morgan fingerprint density at radius 2 is 2.00 bits per heavy atom. The third kappa shape index (κ3) is 5.65. The second-order valence-corrected chi connectivity index (χ2v) is 10.1. The number of thiazole rings is 2. The average molecular weight is 541 g/mol. The molecule has 0 spiro atoms. The second kappa shape index (κ2) is 10.5. The molecule has 0 aromatic carbocycles. The average Bonchev–Trinajstić information content (AvgIpc) is 3.43. The SMILES string of the molecule is COCC(=O)N1CCN(C(=O)c2ccc(Nc3nc(-c4sc(C)nc4C)cs3)nc2)C(C(F)(F)F)C1. The van der Waals surface area contributed by atoms with Gasteiger partial charge in [0.2, 0.25) is 5.91 Å². The number of aromatic nitrogens is 3. The van der Waals surface area contributed by atoms with Gasteiger partial charge in [-0.15, -0.1) is 22.7 Å². The van der Waals surface area contributed by atoms with E-state index in [1.165, 1.54) is 36.8 Å².